The number of aliphatic hydroxyl groups is 6. The Morgan fingerprint density at radius 3 is 0.439 bits per heavy atom. The zero-order valence-corrected chi connectivity index (χ0v) is 30.4. The number of ether oxygens (including phenoxy) is 1. The van der Waals surface area contributed by atoms with Crippen molar-refractivity contribution in [2.75, 3.05) is 52.9 Å². The summed E-state index contributed by atoms with van der Waals surface area (Å²) in [5, 5.41) is 133. The summed E-state index contributed by atoms with van der Waals surface area (Å²) in [6.45, 7) is -3.01. The first-order valence-electron chi connectivity index (χ1n) is 15.6. The molecule has 27 heteroatoms. The molecule has 0 saturated heterocycles. The second kappa shape index (κ2) is 40.1. The van der Waals surface area contributed by atoms with Crippen molar-refractivity contribution >= 4 is 59.7 Å². The van der Waals surface area contributed by atoms with E-state index >= 15 is 0 Å². The summed E-state index contributed by atoms with van der Waals surface area (Å²) in [4.78, 5) is 96.4. The lowest BCUT2D eigenvalue weighted by molar-refractivity contribution is -0.143. The third-order valence-corrected chi connectivity index (χ3v) is 5.59. The van der Waals surface area contributed by atoms with Gasteiger partial charge in [-0.05, 0) is 0 Å². The number of aliphatic hydroxyl groups excluding tert-OH is 6. The van der Waals surface area contributed by atoms with Crippen molar-refractivity contribution in [3.63, 3.8) is 0 Å². The first-order valence-corrected chi connectivity index (χ1v) is 15.6. The highest BCUT2D eigenvalue weighted by molar-refractivity contribution is 5.77. The number of hydrogen-bond donors (Lipinski definition) is 16. The van der Waals surface area contributed by atoms with Crippen LogP contribution in [0.1, 0.15) is 64.2 Å². The number of rotatable bonds is 25. The van der Waals surface area contributed by atoms with Crippen LogP contribution in [0.2, 0.25) is 0 Å². The highest BCUT2D eigenvalue weighted by Gasteiger charge is 2.32. The first-order chi connectivity index (χ1) is 26.2. The molecular weight excluding hydrogens is 792 g/mol. The molecular formula is C30H52O27. The Labute approximate surface area is 322 Å². The summed E-state index contributed by atoms with van der Waals surface area (Å²) in [5.74, 6) is -10.8. The molecule has 0 aromatic heterocycles. The van der Waals surface area contributed by atoms with Gasteiger partial charge in [-0.2, -0.15) is 0 Å². The van der Waals surface area contributed by atoms with Crippen LogP contribution in [0.15, 0.2) is 0 Å². The van der Waals surface area contributed by atoms with Gasteiger partial charge in [0.15, 0.2) is 0 Å². The summed E-state index contributed by atoms with van der Waals surface area (Å²) in [6.07, 6.45) is -2.96. The third kappa shape index (κ3) is 57.3. The van der Waals surface area contributed by atoms with Gasteiger partial charge in [0, 0.05) is 0 Å². The average Bonchev–Trinajstić information content (AvgIpc) is 3.12. The lowest BCUT2D eigenvalue weighted by Gasteiger charge is -2.31. The van der Waals surface area contributed by atoms with Gasteiger partial charge in [-0.25, -0.2) is 0 Å². The molecule has 16 N–H and O–H groups in total. The van der Waals surface area contributed by atoms with Gasteiger partial charge in [-0.15, -0.1) is 0 Å². The van der Waals surface area contributed by atoms with Gasteiger partial charge in [0.1, 0.15) is 0 Å². The highest BCUT2D eigenvalue weighted by Crippen LogP contribution is 2.19. The molecule has 0 unspecified atom stereocenters. The minimum Gasteiger partial charge on any atom is -0.481 e. The van der Waals surface area contributed by atoms with Gasteiger partial charge in [-0.1, -0.05) is 0 Å². The Balaban J connectivity index is -0.000000142. The molecule has 0 aromatic rings. The van der Waals surface area contributed by atoms with E-state index in [0.717, 1.165) is 0 Å². The Hall–Kier alpha value is -5.58. The van der Waals surface area contributed by atoms with E-state index in [1.54, 1.807) is 0 Å². The molecule has 0 spiro atoms. The molecule has 0 bridgehead atoms. The number of carboxylic acids is 10. The van der Waals surface area contributed by atoms with Crippen LogP contribution >= 0.6 is 0 Å². The van der Waals surface area contributed by atoms with Gasteiger partial charge < -0.3 is 86.4 Å². The maximum Gasteiger partial charge on any atom is 0.303 e. The Morgan fingerprint density at radius 1 is 0.263 bits per heavy atom. The maximum atomic E-state index is 9.64. The predicted molar refractivity (Wildman–Crippen MR) is 181 cm³/mol. The van der Waals surface area contributed by atoms with E-state index < -0.39 is 110 Å². The summed E-state index contributed by atoms with van der Waals surface area (Å²) in [5.41, 5.74) is -2.32. The van der Waals surface area contributed by atoms with E-state index in [-0.39, 0.29) is 77.4 Å². The molecule has 0 heterocycles. The van der Waals surface area contributed by atoms with Crippen LogP contribution in [0.3, 0.4) is 0 Å². The monoisotopic (exact) mass is 844 g/mol. The Kier molecular flexibility index (Phi) is 44.6. The van der Waals surface area contributed by atoms with E-state index in [9.17, 15) is 47.9 Å². The molecule has 334 valence electrons. The lowest BCUT2D eigenvalue weighted by Crippen LogP contribution is -2.43. The van der Waals surface area contributed by atoms with Crippen LogP contribution in [-0.4, -0.2) is 194 Å². The molecule has 0 aliphatic carbocycles. The van der Waals surface area contributed by atoms with E-state index in [1.807, 2.05) is 0 Å². The van der Waals surface area contributed by atoms with Gasteiger partial charge in [-0.3, -0.25) is 47.9 Å². The number of aliphatic carboxylic acids is 10. The smallest absolute Gasteiger partial charge is 0.303 e. The molecule has 0 aromatic carbocycles. The molecule has 0 radical (unpaired) electrons. The molecule has 0 aliphatic rings. The molecule has 57 heavy (non-hydrogen) atoms. The number of carboxylic acid groups (broad SMARTS) is 10. The minimum atomic E-state index is -1.16. The molecule has 0 saturated carbocycles. The molecule has 27 nitrogen and oxygen atoms in total. The zero-order chi connectivity index (χ0) is 46.2. The van der Waals surface area contributed by atoms with Crippen molar-refractivity contribution < 1.29 is 134 Å². The summed E-state index contributed by atoms with van der Waals surface area (Å²) >= 11 is 0. The fraction of sp³-hybridized carbons (Fsp3) is 0.667. The third-order valence-electron chi connectivity index (χ3n) is 5.59. The quantitative estimate of drug-likeness (QED) is 0.0426. The SMILES string of the molecule is O=C(O)CCC(=O)O.O=C(O)CCC(=O)O.O=C(O)CCC(=O)O.O=C(O)CCC(=O)O.O=C(O)CCC(=O)O.OCC(CO)(CO)COCC(CO)(CO)CO. The topological polar surface area (TPSA) is 504 Å². The van der Waals surface area contributed by atoms with Crippen LogP contribution < -0.4 is 0 Å². The number of hydrogen-bond acceptors (Lipinski definition) is 17. The van der Waals surface area contributed by atoms with Crippen LogP contribution in [0.25, 0.3) is 0 Å². The van der Waals surface area contributed by atoms with Gasteiger partial charge in [0.25, 0.3) is 0 Å². The average molecular weight is 845 g/mol. The van der Waals surface area contributed by atoms with Crippen molar-refractivity contribution in [3.8, 4) is 0 Å². The number of carbonyl (C=O) groups is 10. The largest absolute Gasteiger partial charge is 0.481 e. The van der Waals surface area contributed by atoms with Crippen LogP contribution in [0.4, 0.5) is 0 Å². The van der Waals surface area contributed by atoms with Crippen molar-refractivity contribution in [1.82, 2.24) is 0 Å². The Morgan fingerprint density at radius 2 is 0.368 bits per heavy atom. The maximum absolute atomic E-state index is 9.64. The van der Waals surface area contributed by atoms with Crippen molar-refractivity contribution in [2.45, 2.75) is 64.2 Å². The normalized spacial score (nSPS) is 9.86. The molecule has 0 atom stereocenters. The molecule has 0 fully saturated rings. The highest BCUT2D eigenvalue weighted by atomic mass is 16.5. The second-order valence-corrected chi connectivity index (χ2v) is 10.9. The predicted octanol–water partition coefficient (Wildman–Crippen LogP) is -3.39. The van der Waals surface area contributed by atoms with Crippen LogP contribution in [0.5, 0.6) is 0 Å². The molecule has 0 rings (SSSR count). The zero-order valence-electron chi connectivity index (χ0n) is 30.4. The van der Waals surface area contributed by atoms with Crippen molar-refractivity contribution in [3.05, 3.63) is 0 Å². The van der Waals surface area contributed by atoms with E-state index in [2.05, 4.69) is 0 Å². The van der Waals surface area contributed by atoms with E-state index in [1.165, 1.54) is 0 Å². The molecule has 0 amide bonds. The summed E-state index contributed by atoms with van der Waals surface area (Å²) < 4.78 is 5.15. The summed E-state index contributed by atoms with van der Waals surface area (Å²) in [6, 6.07) is 0. The van der Waals surface area contributed by atoms with E-state index in [4.69, 9.17) is 86.4 Å². The van der Waals surface area contributed by atoms with Crippen molar-refractivity contribution in [2.24, 2.45) is 10.8 Å². The van der Waals surface area contributed by atoms with Crippen molar-refractivity contribution in [1.29, 1.82) is 0 Å². The van der Waals surface area contributed by atoms with E-state index in [0.29, 0.717) is 0 Å². The first kappa shape index (κ1) is 63.4. The molecule has 0 aliphatic heterocycles. The fourth-order valence-electron chi connectivity index (χ4n) is 2.13. The van der Waals surface area contributed by atoms with Crippen LogP contribution in [0, 0.1) is 10.8 Å². The van der Waals surface area contributed by atoms with Gasteiger partial charge in [0.05, 0.1) is 128 Å². The lowest BCUT2D eigenvalue weighted by atomic mass is 9.91. The minimum absolute atomic E-state index is 0.141. The van der Waals surface area contributed by atoms with Gasteiger partial charge in [0.2, 0.25) is 0 Å². The summed E-state index contributed by atoms with van der Waals surface area (Å²) in [7, 11) is 0. The fourth-order valence-corrected chi connectivity index (χ4v) is 2.13. The van der Waals surface area contributed by atoms with Crippen LogP contribution in [-0.2, 0) is 52.7 Å². The second-order valence-electron chi connectivity index (χ2n) is 10.9. The standard InChI is InChI=1S/C10H22O7.5C4H6O4/c11-1-9(2-12,3-13)7-17-8-10(4-14,5-15)6-16;5*5-3(6)1-2-4(7)8/h11-16H,1-8H2;5*1-2H2,(H,5,6)(H,7,8). The Bertz CT molecular complexity index is 920. The van der Waals surface area contributed by atoms with Gasteiger partial charge >= 0.3 is 59.7 Å².